The number of benzene rings is 1. The zero-order valence-electron chi connectivity index (χ0n) is 10.4. The fourth-order valence-corrected chi connectivity index (χ4v) is 2.49. The van der Waals surface area contributed by atoms with Crippen molar-refractivity contribution in [3.63, 3.8) is 0 Å². The molecule has 1 aromatic rings. The second-order valence-corrected chi connectivity index (χ2v) is 4.97. The maximum Gasteiger partial charge on any atom is 0.255 e. The van der Waals surface area contributed by atoms with Gasteiger partial charge in [-0.05, 0) is 37.4 Å². The molecule has 2 rings (SSSR count). The first-order chi connectivity index (χ1) is 8.63. The van der Waals surface area contributed by atoms with Gasteiger partial charge >= 0.3 is 0 Å². The minimum atomic E-state index is -0.560. The standard InChI is InChI=1S/C13H16ClFN2O.ClH/c14-12-10(4-1-5-11(12)15)13(18)17-6-2-3-9(7-16)8-17;/h1,4-5,9H,2-3,6-8,16H2;1H. The SMILES string of the molecule is Cl.NCC1CCCN(C(=O)c2cccc(F)c2Cl)C1. The van der Waals surface area contributed by atoms with Gasteiger partial charge in [-0.2, -0.15) is 0 Å². The van der Waals surface area contributed by atoms with Crippen molar-refractivity contribution in [1.82, 2.24) is 4.90 Å². The van der Waals surface area contributed by atoms with E-state index in [2.05, 4.69) is 0 Å². The molecular formula is C13H17Cl2FN2O. The number of rotatable bonds is 2. The second kappa shape index (κ2) is 7.08. The fraction of sp³-hybridized carbons (Fsp3) is 0.462. The second-order valence-electron chi connectivity index (χ2n) is 4.60. The van der Waals surface area contributed by atoms with Gasteiger partial charge in [0.15, 0.2) is 0 Å². The molecule has 1 unspecified atom stereocenters. The minimum Gasteiger partial charge on any atom is -0.338 e. The minimum absolute atomic E-state index is 0. The van der Waals surface area contributed by atoms with E-state index in [9.17, 15) is 9.18 Å². The lowest BCUT2D eigenvalue weighted by Crippen LogP contribution is -2.42. The van der Waals surface area contributed by atoms with Gasteiger partial charge in [0.25, 0.3) is 5.91 Å². The summed E-state index contributed by atoms with van der Waals surface area (Å²) in [7, 11) is 0. The molecule has 1 fully saturated rings. The van der Waals surface area contributed by atoms with Crippen LogP contribution in [0.2, 0.25) is 5.02 Å². The lowest BCUT2D eigenvalue weighted by molar-refractivity contribution is 0.0678. The predicted octanol–water partition coefficient (Wildman–Crippen LogP) is 2.71. The molecule has 3 nitrogen and oxygen atoms in total. The van der Waals surface area contributed by atoms with Crippen LogP contribution in [-0.2, 0) is 0 Å². The van der Waals surface area contributed by atoms with E-state index in [1.165, 1.54) is 12.1 Å². The third-order valence-electron chi connectivity index (χ3n) is 3.32. The van der Waals surface area contributed by atoms with Crippen LogP contribution in [0.15, 0.2) is 18.2 Å². The van der Waals surface area contributed by atoms with E-state index < -0.39 is 5.82 Å². The summed E-state index contributed by atoms with van der Waals surface area (Å²) in [6.45, 7) is 1.88. The zero-order chi connectivity index (χ0) is 13.1. The van der Waals surface area contributed by atoms with Crippen LogP contribution >= 0.6 is 24.0 Å². The molecule has 1 aromatic carbocycles. The van der Waals surface area contributed by atoms with Crippen molar-refractivity contribution < 1.29 is 9.18 Å². The molecule has 0 aliphatic carbocycles. The van der Waals surface area contributed by atoms with E-state index >= 15 is 0 Å². The molecule has 2 N–H and O–H groups in total. The molecule has 0 spiro atoms. The fourth-order valence-electron chi connectivity index (χ4n) is 2.28. The summed E-state index contributed by atoms with van der Waals surface area (Å²) in [6.07, 6.45) is 1.97. The maximum atomic E-state index is 13.3. The topological polar surface area (TPSA) is 46.3 Å². The third kappa shape index (κ3) is 3.59. The van der Waals surface area contributed by atoms with Crippen molar-refractivity contribution in [2.45, 2.75) is 12.8 Å². The molecule has 106 valence electrons. The smallest absolute Gasteiger partial charge is 0.255 e. The van der Waals surface area contributed by atoms with E-state index in [0.717, 1.165) is 12.8 Å². The molecule has 0 saturated carbocycles. The Morgan fingerprint density at radius 3 is 2.95 bits per heavy atom. The predicted molar refractivity (Wildman–Crippen MR) is 76.3 cm³/mol. The third-order valence-corrected chi connectivity index (χ3v) is 3.71. The summed E-state index contributed by atoms with van der Waals surface area (Å²) < 4.78 is 13.3. The molecular weight excluding hydrogens is 290 g/mol. The Morgan fingerprint density at radius 2 is 2.26 bits per heavy atom. The van der Waals surface area contributed by atoms with Crippen LogP contribution in [0, 0.1) is 11.7 Å². The van der Waals surface area contributed by atoms with Crippen molar-refractivity contribution in [2.75, 3.05) is 19.6 Å². The van der Waals surface area contributed by atoms with Crippen LogP contribution in [0.4, 0.5) is 4.39 Å². The number of halogens is 3. The Morgan fingerprint density at radius 1 is 1.53 bits per heavy atom. The monoisotopic (exact) mass is 306 g/mol. The van der Waals surface area contributed by atoms with Crippen molar-refractivity contribution in [3.05, 3.63) is 34.6 Å². The lowest BCUT2D eigenvalue weighted by Gasteiger charge is -2.32. The molecule has 1 amide bonds. The van der Waals surface area contributed by atoms with E-state index in [1.807, 2.05) is 0 Å². The molecule has 6 heteroatoms. The van der Waals surface area contributed by atoms with E-state index in [1.54, 1.807) is 11.0 Å². The van der Waals surface area contributed by atoms with Crippen molar-refractivity contribution >= 4 is 29.9 Å². The Hall–Kier alpha value is -0.840. The lowest BCUT2D eigenvalue weighted by atomic mass is 9.97. The van der Waals surface area contributed by atoms with Crippen molar-refractivity contribution in [2.24, 2.45) is 11.7 Å². The molecule has 0 aromatic heterocycles. The van der Waals surface area contributed by atoms with E-state index in [-0.39, 0.29) is 28.9 Å². The first-order valence-corrected chi connectivity index (χ1v) is 6.44. The average Bonchev–Trinajstić information content (AvgIpc) is 2.41. The van der Waals surface area contributed by atoms with Crippen LogP contribution < -0.4 is 5.73 Å². The molecule has 1 heterocycles. The van der Waals surface area contributed by atoms with Crippen LogP contribution in [-0.4, -0.2) is 30.4 Å². The molecule has 19 heavy (non-hydrogen) atoms. The summed E-state index contributed by atoms with van der Waals surface area (Å²) in [6, 6.07) is 4.30. The molecule has 1 atom stereocenters. The highest BCUT2D eigenvalue weighted by atomic mass is 35.5. The van der Waals surface area contributed by atoms with Crippen LogP contribution in [0.3, 0.4) is 0 Å². The number of likely N-dealkylation sites (tertiary alicyclic amines) is 1. The summed E-state index contributed by atoms with van der Waals surface area (Å²) >= 11 is 5.83. The Labute approximate surface area is 123 Å². The molecule has 1 aliphatic rings. The Bertz CT molecular complexity index is 456. The molecule has 1 saturated heterocycles. The molecule has 0 bridgehead atoms. The van der Waals surface area contributed by atoms with Gasteiger partial charge < -0.3 is 10.6 Å². The number of carbonyl (C=O) groups is 1. The van der Waals surface area contributed by atoms with Crippen molar-refractivity contribution in [3.8, 4) is 0 Å². The first kappa shape index (κ1) is 16.2. The normalized spacial score (nSPS) is 18.9. The zero-order valence-corrected chi connectivity index (χ0v) is 12.0. The number of carbonyl (C=O) groups excluding carboxylic acids is 1. The highest BCUT2D eigenvalue weighted by Gasteiger charge is 2.25. The summed E-state index contributed by atoms with van der Waals surface area (Å²) in [5.74, 6) is -0.442. The summed E-state index contributed by atoms with van der Waals surface area (Å²) in [4.78, 5) is 14.0. The number of amides is 1. The van der Waals surface area contributed by atoms with E-state index in [4.69, 9.17) is 17.3 Å². The van der Waals surface area contributed by atoms with Crippen LogP contribution in [0.1, 0.15) is 23.2 Å². The number of hydrogen-bond acceptors (Lipinski definition) is 2. The number of hydrogen-bond donors (Lipinski definition) is 1. The van der Waals surface area contributed by atoms with Gasteiger partial charge in [-0.3, -0.25) is 4.79 Å². The number of nitrogens with zero attached hydrogens (tertiary/aromatic N) is 1. The quantitative estimate of drug-likeness (QED) is 0.913. The maximum absolute atomic E-state index is 13.3. The van der Waals surface area contributed by atoms with Gasteiger partial charge in [0.1, 0.15) is 5.82 Å². The van der Waals surface area contributed by atoms with Crippen LogP contribution in [0.25, 0.3) is 0 Å². The average molecular weight is 307 g/mol. The van der Waals surface area contributed by atoms with Crippen LogP contribution in [0.5, 0.6) is 0 Å². The molecule has 0 radical (unpaired) electrons. The highest BCUT2D eigenvalue weighted by molar-refractivity contribution is 6.34. The number of piperidine rings is 1. The first-order valence-electron chi connectivity index (χ1n) is 6.07. The Kier molecular flexibility index (Phi) is 6.04. The highest BCUT2D eigenvalue weighted by Crippen LogP contribution is 2.23. The molecule has 1 aliphatic heterocycles. The van der Waals surface area contributed by atoms with Gasteiger partial charge in [-0.1, -0.05) is 17.7 Å². The van der Waals surface area contributed by atoms with Gasteiger partial charge in [0, 0.05) is 13.1 Å². The van der Waals surface area contributed by atoms with Gasteiger partial charge in [0.05, 0.1) is 10.6 Å². The van der Waals surface area contributed by atoms with Gasteiger partial charge in [-0.25, -0.2) is 4.39 Å². The summed E-state index contributed by atoms with van der Waals surface area (Å²) in [5, 5.41) is -0.0997. The van der Waals surface area contributed by atoms with Crippen molar-refractivity contribution in [1.29, 1.82) is 0 Å². The summed E-state index contributed by atoms with van der Waals surface area (Å²) in [5.41, 5.74) is 5.87. The van der Waals surface area contributed by atoms with Gasteiger partial charge in [0.2, 0.25) is 0 Å². The largest absolute Gasteiger partial charge is 0.338 e. The van der Waals surface area contributed by atoms with Gasteiger partial charge in [-0.15, -0.1) is 12.4 Å². The number of nitrogens with two attached hydrogens (primary N) is 1. The Balaban J connectivity index is 0.00000180. The van der Waals surface area contributed by atoms with E-state index in [0.29, 0.717) is 25.6 Å².